The number of nitrogens with one attached hydrogen (secondary N) is 1. The van der Waals surface area contributed by atoms with Crippen LogP contribution in [0.5, 0.6) is 0 Å². The summed E-state index contributed by atoms with van der Waals surface area (Å²) in [5.41, 5.74) is -0.867. The molecular formula is C11H16N3O9P. The van der Waals surface area contributed by atoms with E-state index in [-0.39, 0.29) is 5.82 Å². The number of carbonyl (C=O) groups excluding carboxylic acids is 1. The lowest BCUT2D eigenvalue weighted by atomic mass is 10.1. The van der Waals surface area contributed by atoms with Gasteiger partial charge in [-0.25, -0.2) is 9.36 Å². The summed E-state index contributed by atoms with van der Waals surface area (Å²) >= 11 is 0. The van der Waals surface area contributed by atoms with Crippen LogP contribution in [-0.2, 0) is 18.6 Å². The first-order chi connectivity index (χ1) is 11.1. The third-order valence-corrected chi connectivity index (χ3v) is 3.64. The van der Waals surface area contributed by atoms with Crippen LogP contribution in [0.3, 0.4) is 0 Å². The average Bonchev–Trinajstić information content (AvgIpc) is 2.72. The summed E-state index contributed by atoms with van der Waals surface area (Å²) in [7, 11) is -4.78. The predicted molar refractivity (Wildman–Crippen MR) is 76.7 cm³/mol. The molecule has 1 aromatic heterocycles. The zero-order chi connectivity index (χ0) is 18.1. The first-order valence-electron chi connectivity index (χ1n) is 6.67. The number of aliphatic hydroxyl groups is 2. The summed E-state index contributed by atoms with van der Waals surface area (Å²) in [6, 6.07) is 1.28. The Morgan fingerprint density at radius 2 is 2.12 bits per heavy atom. The molecule has 1 fully saturated rings. The molecule has 5 N–H and O–H groups in total. The van der Waals surface area contributed by atoms with Crippen molar-refractivity contribution in [3.63, 3.8) is 0 Å². The number of aromatic nitrogens is 2. The summed E-state index contributed by atoms with van der Waals surface area (Å²) < 4.78 is 21.0. The van der Waals surface area contributed by atoms with Crippen LogP contribution >= 0.6 is 7.82 Å². The van der Waals surface area contributed by atoms with Crippen molar-refractivity contribution in [2.75, 3.05) is 11.9 Å². The van der Waals surface area contributed by atoms with Gasteiger partial charge < -0.3 is 30.1 Å². The van der Waals surface area contributed by atoms with Gasteiger partial charge in [-0.15, -0.1) is 0 Å². The monoisotopic (exact) mass is 365 g/mol. The van der Waals surface area contributed by atoms with E-state index in [9.17, 15) is 24.4 Å². The van der Waals surface area contributed by atoms with Gasteiger partial charge in [-0.05, 0) is 6.07 Å². The van der Waals surface area contributed by atoms with Crippen LogP contribution in [0.2, 0.25) is 0 Å². The fourth-order valence-electron chi connectivity index (χ4n) is 2.12. The van der Waals surface area contributed by atoms with Gasteiger partial charge in [0.2, 0.25) is 5.91 Å². The molecule has 13 heteroatoms. The molecule has 134 valence electrons. The summed E-state index contributed by atoms with van der Waals surface area (Å²) in [4.78, 5) is 43.8. The van der Waals surface area contributed by atoms with Crippen LogP contribution in [0.15, 0.2) is 17.1 Å². The van der Waals surface area contributed by atoms with Crippen LogP contribution < -0.4 is 11.0 Å². The SMILES string of the molecule is CC(=O)Nc1ccn([C@@H]2O[C@H](COP(=O)(O)O)C(O)[C@@H]2O)c(=O)n1. The molecule has 0 spiro atoms. The zero-order valence-electron chi connectivity index (χ0n) is 12.3. The van der Waals surface area contributed by atoms with Gasteiger partial charge in [0.1, 0.15) is 24.1 Å². The normalized spacial score (nSPS) is 27.2. The van der Waals surface area contributed by atoms with Crippen molar-refractivity contribution >= 4 is 19.5 Å². The number of ether oxygens (including phenoxy) is 1. The molecule has 12 nitrogen and oxygen atoms in total. The maximum absolute atomic E-state index is 12.0. The first kappa shape index (κ1) is 18.7. The number of phosphoric acid groups is 1. The van der Waals surface area contributed by atoms with Gasteiger partial charge in [-0.3, -0.25) is 13.9 Å². The molecule has 4 atom stereocenters. The molecule has 1 unspecified atom stereocenters. The van der Waals surface area contributed by atoms with Crippen molar-refractivity contribution in [3.05, 3.63) is 22.7 Å². The Labute approximate surface area is 134 Å². The Kier molecular flexibility index (Phi) is 5.50. The van der Waals surface area contributed by atoms with Crippen LogP contribution in [0, 0.1) is 0 Å². The standard InChI is InChI=1S/C11H16N3O9P/c1-5(15)12-7-2-3-14(11(18)13-7)10-9(17)8(16)6(23-10)4-22-24(19,20)21/h2-3,6,8-10,16-17H,4H2,1H3,(H2,19,20,21)(H,12,13,15,18)/t6-,8?,9+,10-/m1/s1. The number of amides is 1. The van der Waals surface area contributed by atoms with Crippen LogP contribution in [-0.4, -0.2) is 60.4 Å². The van der Waals surface area contributed by atoms with E-state index in [2.05, 4.69) is 14.8 Å². The molecule has 1 amide bonds. The Morgan fingerprint density at radius 3 is 2.67 bits per heavy atom. The Balaban J connectivity index is 2.16. The summed E-state index contributed by atoms with van der Waals surface area (Å²) in [6.45, 7) is 0.546. The van der Waals surface area contributed by atoms with E-state index >= 15 is 0 Å². The van der Waals surface area contributed by atoms with E-state index in [1.165, 1.54) is 19.2 Å². The molecule has 2 heterocycles. The quantitative estimate of drug-likeness (QED) is 0.364. The molecule has 2 rings (SSSR count). The summed E-state index contributed by atoms with van der Waals surface area (Å²) in [6.07, 6.45) is -4.51. The highest BCUT2D eigenvalue weighted by Gasteiger charge is 2.45. The number of phosphoric ester groups is 1. The molecule has 1 aliphatic rings. The smallest absolute Gasteiger partial charge is 0.387 e. The molecule has 0 aliphatic carbocycles. The van der Waals surface area contributed by atoms with E-state index in [4.69, 9.17) is 14.5 Å². The van der Waals surface area contributed by atoms with Crippen molar-refractivity contribution in [2.45, 2.75) is 31.5 Å². The molecule has 1 saturated heterocycles. The fraction of sp³-hybridized carbons (Fsp3) is 0.545. The minimum atomic E-state index is -4.78. The maximum atomic E-state index is 12.0. The van der Waals surface area contributed by atoms with Crippen molar-refractivity contribution in [2.24, 2.45) is 0 Å². The number of carbonyl (C=O) groups is 1. The lowest BCUT2D eigenvalue weighted by molar-refractivity contribution is -0.114. The van der Waals surface area contributed by atoms with Crippen LogP contribution in [0.1, 0.15) is 13.2 Å². The molecule has 0 bridgehead atoms. The van der Waals surface area contributed by atoms with Crippen LogP contribution in [0.4, 0.5) is 5.82 Å². The first-order valence-corrected chi connectivity index (χ1v) is 8.20. The fourth-order valence-corrected chi connectivity index (χ4v) is 2.46. The molecular weight excluding hydrogens is 349 g/mol. The lowest BCUT2D eigenvalue weighted by Crippen LogP contribution is -2.36. The van der Waals surface area contributed by atoms with Crippen LogP contribution in [0.25, 0.3) is 0 Å². The maximum Gasteiger partial charge on any atom is 0.469 e. The van der Waals surface area contributed by atoms with Crippen molar-refractivity contribution in [1.29, 1.82) is 0 Å². The molecule has 1 aliphatic heterocycles. The van der Waals surface area contributed by atoms with Crippen molar-refractivity contribution < 1.29 is 38.6 Å². The highest BCUT2D eigenvalue weighted by atomic mass is 31.2. The number of nitrogens with zero attached hydrogens (tertiary/aromatic N) is 2. The van der Waals surface area contributed by atoms with Gasteiger partial charge in [-0.1, -0.05) is 0 Å². The molecule has 1 aromatic rings. The highest BCUT2D eigenvalue weighted by molar-refractivity contribution is 7.46. The van der Waals surface area contributed by atoms with Gasteiger partial charge in [-0.2, -0.15) is 4.98 Å². The Bertz CT molecular complexity index is 717. The van der Waals surface area contributed by atoms with Gasteiger partial charge in [0.15, 0.2) is 6.23 Å². The number of hydrogen-bond acceptors (Lipinski definition) is 8. The Hall–Kier alpha value is -1.66. The van der Waals surface area contributed by atoms with Gasteiger partial charge in [0.05, 0.1) is 6.61 Å². The average molecular weight is 365 g/mol. The van der Waals surface area contributed by atoms with Gasteiger partial charge in [0, 0.05) is 13.1 Å². The summed E-state index contributed by atoms with van der Waals surface area (Å²) in [5.74, 6) is -0.431. The van der Waals surface area contributed by atoms with Crippen molar-refractivity contribution in [1.82, 2.24) is 9.55 Å². The third kappa shape index (κ3) is 4.45. The van der Waals surface area contributed by atoms with E-state index in [1.54, 1.807) is 0 Å². The largest absolute Gasteiger partial charge is 0.469 e. The predicted octanol–water partition coefficient (Wildman–Crippen LogP) is -2.07. The number of rotatable bonds is 5. The third-order valence-electron chi connectivity index (χ3n) is 3.15. The highest BCUT2D eigenvalue weighted by Crippen LogP contribution is 2.38. The van der Waals surface area contributed by atoms with E-state index in [0.29, 0.717) is 0 Å². The van der Waals surface area contributed by atoms with E-state index < -0.39 is 50.6 Å². The molecule has 0 aromatic carbocycles. The number of hydrogen-bond donors (Lipinski definition) is 5. The topological polar surface area (TPSA) is 180 Å². The lowest BCUT2D eigenvalue weighted by Gasteiger charge is -2.17. The number of aliphatic hydroxyl groups excluding tert-OH is 2. The summed E-state index contributed by atoms with van der Waals surface area (Å²) in [5, 5.41) is 22.1. The zero-order valence-corrected chi connectivity index (χ0v) is 13.2. The van der Waals surface area contributed by atoms with Crippen molar-refractivity contribution in [3.8, 4) is 0 Å². The second-order valence-electron chi connectivity index (χ2n) is 5.02. The van der Waals surface area contributed by atoms with Gasteiger partial charge >= 0.3 is 13.5 Å². The molecule has 0 radical (unpaired) electrons. The molecule has 0 saturated carbocycles. The second kappa shape index (κ2) is 7.07. The van der Waals surface area contributed by atoms with E-state index in [0.717, 1.165) is 4.57 Å². The Morgan fingerprint density at radius 1 is 1.46 bits per heavy atom. The minimum absolute atomic E-state index is 0.00170. The minimum Gasteiger partial charge on any atom is -0.387 e. The molecule has 24 heavy (non-hydrogen) atoms. The second-order valence-corrected chi connectivity index (χ2v) is 6.26. The number of anilines is 1. The van der Waals surface area contributed by atoms with E-state index in [1.807, 2.05) is 0 Å². The van der Waals surface area contributed by atoms with Gasteiger partial charge in [0.25, 0.3) is 0 Å².